The maximum absolute atomic E-state index is 12.3. The third kappa shape index (κ3) is 3.60. The highest BCUT2D eigenvalue weighted by Gasteiger charge is 2.15. The van der Waals surface area contributed by atoms with Crippen molar-refractivity contribution < 1.29 is 9.21 Å². The first kappa shape index (κ1) is 17.4. The summed E-state index contributed by atoms with van der Waals surface area (Å²) in [5.41, 5.74) is 3.16. The maximum atomic E-state index is 12.3. The van der Waals surface area contributed by atoms with Crippen LogP contribution < -0.4 is 0 Å². The number of hydrogen-bond acceptors (Lipinski definition) is 9. The van der Waals surface area contributed by atoms with Gasteiger partial charge in [-0.25, -0.2) is 0 Å². The van der Waals surface area contributed by atoms with Crippen LogP contribution in [-0.2, 0) is 6.42 Å². The van der Waals surface area contributed by atoms with Gasteiger partial charge in [0.2, 0.25) is 12.3 Å². The number of benzene rings is 1. The summed E-state index contributed by atoms with van der Waals surface area (Å²) < 4.78 is 8.99. The summed E-state index contributed by atoms with van der Waals surface area (Å²) >= 11 is 7.38. The van der Waals surface area contributed by atoms with Crippen LogP contribution in [0, 0.1) is 6.92 Å². The van der Waals surface area contributed by atoms with E-state index in [1.807, 2.05) is 0 Å². The maximum Gasteiger partial charge on any atom is 0.247 e. The van der Waals surface area contributed by atoms with Crippen LogP contribution in [0.3, 0.4) is 0 Å². The molecule has 0 N–H and O–H groups in total. The summed E-state index contributed by atoms with van der Waals surface area (Å²) in [6.45, 7) is 1.75. The van der Waals surface area contributed by atoms with Gasteiger partial charge in [-0.1, -0.05) is 16.1 Å². The van der Waals surface area contributed by atoms with Gasteiger partial charge in [0.1, 0.15) is 4.88 Å². The molecule has 0 atom stereocenters. The third-order valence-electron chi connectivity index (χ3n) is 3.80. The van der Waals surface area contributed by atoms with Crippen molar-refractivity contribution in [3.05, 3.63) is 58.3 Å². The minimum Gasteiger partial charge on any atom is -0.423 e. The summed E-state index contributed by atoms with van der Waals surface area (Å²) in [4.78, 5) is 21.6. The molecule has 8 nitrogen and oxygen atoms in total. The molecule has 0 aliphatic rings. The van der Waals surface area contributed by atoms with Crippen molar-refractivity contribution >= 4 is 28.9 Å². The summed E-state index contributed by atoms with van der Waals surface area (Å²) in [5, 5.41) is 11.9. The Morgan fingerprint density at radius 3 is 2.78 bits per heavy atom. The van der Waals surface area contributed by atoms with Crippen molar-refractivity contribution in [3.63, 3.8) is 0 Å². The van der Waals surface area contributed by atoms with Crippen LogP contribution in [0.25, 0.3) is 22.7 Å². The van der Waals surface area contributed by atoms with Crippen LogP contribution in [0.1, 0.15) is 21.1 Å². The second-order valence-electron chi connectivity index (χ2n) is 5.62. The Balaban J connectivity index is 1.58. The molecule has 0 fully saturated rings. The number of hydrogen-bond donors (Lipinski definition) is 0. The molecular formula is C17H11ClN6O2S. The number of ketones is 1. The molecular weight excluding hydrogens is 388 g/mol. The Labute approximate surface area is 162 Å². The van der Waals surface area contributed by atoms with Gasteiger partial charge >= 0.3 is 0 Å². The molecule has 0 radical (unpaired) electrons. The van der Waals surface area contributed by atoms with E-state index in [1.165, 1.54) is 6.39 Å². The number of carbonyl (C=O) groups excluding carboxylic acids is 1. The molecule has 3 heterocycles. The lowest BCUT2D eigenvalue weighted by molar-refractivity contribution is 0.0995. The van der Waals surface area contributed by atoms with E-state index in [4.69, 9.17) is 16.0 Å². The normalized spacial score (nSPS) is 10.9. The van der Waals surface area contributed by atoms with E-state index >= 15 is 0 Å². The van der Waals surface area contributed by atoms with Crippen LogP contribution in [0.5, 0.6) is 0 Å². The standard InChI is InChI=1S/C17H11ClN6O2S/c1-9-16(27-24-22-9)15(25)5-11-6-20-14(7-19-11)12-4-10(2-3-13(12)18)17-23-21-8-26-17/h2-4,6-8H,5H2,1H3. The molecule has 0 bridgehead atoms. The van der Waals surface area contributed by atoms with Gasteiger partial charge in [-0.3, -0.25) is 14.8 Å². The van der Waals surface area contributed by atoms with Gasteiger partial charge in [0.05, 0.1) is 34.7 Å². The minimum absolute atomic E-state index is 0.0824. The molecule has 3 aromatic heterocycles. The van der Waals surface area contributed by atoms with Gasteiger partial charge < -0.3 is 4.42 Å². The van der Waals surface area contributed by atoms with Gasteiger partial charge in [0.15, 0.2) is 5.78 Å². The number of halogens is 1. The Hall–Kier alpha value is -3.04. The van der Waals surface area contributed by atoms with Crippen molar-refractivity contribution in [2.24, 2.45) is 0 Å². The first-order valence-electron chi connectivity index (χ1n) is 7.81. The van der Waals surface area contributed by atoms with Crippen molar-refractivity contribution in [2.45, 2.75) is 13.3 Å². The summed E-state index contributed by atoms with van der Waals surface area (Å²) in [6, 6.07) is 5.32. The molecule has 4 rings (SSSR count). The summed E-state index contributed by atoms with van der Waals surface area (Å²) in [7, 11) is 0. The average Bonchev–Trinajstić information content (AvgIpc) is 3.35. The molecule has 27 heavy (non-hydrogen) atoms. The number of aromatic nitrogens is 6. The van der Waals surface area contributed by atoms with Gasteiger partial charge in [0.25, 0.3) is 0 Å². The SMILES string of the molecule is Cc1nnsc1C(=O)Cc1cnc(-c2cc(-c3nnco3)ccc2Cl)cn1. The predicted molar refractivity (Wildman–Crippen MR) is 98.5 cm³/mol. The second kappa shape index (κ2) is 7.29. The first-order chi connectivity index (χ1) is 13.1. The molecule has 1 aromatic carbocycles. The van der Waals surface area contributed by atoms with Crippen LogP contribution in [0.15, 0.2) is 41.4 Å². The predicted octanol–water partition coefficient (Wildman–Crippen LogP) is 3.43. The van der Waals surface area contributed by atoms with Gasteiger partial charge in [-0.15, -0.1) is 15.3 Å². The zero-order valence-corrected chi connectivity index (χ0v) is 15.5. The highest BCUT2D eigenvalue weighted by atomic mass is 35.5. The van der Waals surface area contributed by atoms with E-state index in [9.17, 15) is 4.79 Å². The molecule has 0 saturated heterocycles. The Kier molecular flexibility index (Phi) is 4.69. The van der Waals surface area contributed by atoms with Crippen LogP contribution in [-0.4, -0.2) is 35.5 Å². The molecule has 4 aromatic rings. The quantitative estimate of drug-likeness (QED) is 0.470. The number of nitrogens with zero attached hydrogens (tertiary/aromatic N) is 6. The molecule has 0 spiro atoms. The highest BCUT2D eigenvalue weighted by Crippen LogP contribution is 2.30. The van der Waals surface area contributed by atoms with Gasteiger partial charge in [-0.2, -0.15) is 0 Å². The largest absolute Gasteiger partial charge is 0.423 e. The molecule has 0 aliphatic carbocycles. The molecule has 10 heteroatoms. The number of aryl methyl sites for hydroxylation is 1. The Morgan fingerprint density at radius 1 is 1.22 bits per heavy atom. The van der Waals surface area contributed by atoms with Crippen LogP contribution in [0.4, 0.5) is 0 Å². The molecule has 0 amide bonds. The van der Waals surface area contributed by atoms with Crippen LogP contribution >= 0.6 is 23.1 Å². The summed E-state index contributed by atoms with van der Waals surface area (Å²) in [6.07, 6.45) is 4.54. The third-order valence-corrected chi connectivity index (χ3v) is 5.00. The molecule has 0 unspecified atom stereocenters. The van der Waals surface area contributed by atoms with Crippen LogP contribution in [0.2, 0.25) is 5.02 Å². The smallest absolute Gasteiger partial charge is 0.247 e. The minimum atomic E-state index is -0.0824. The molecule has 0 saturated carbocycles. The summed E-state index contributed by atoms with van der Waals surface area (Å²) in [5.74, 6) is 0.303. The van der Waals surface area contributed by atoms with Crippen molar-refractivity contribution in [1.29, 1.82) is 0 Å². The Morgan fingerprint density at radius 2 is 2.11 bits per heavy atom. The van der Waals surface area contributed by atoms with Crippen molar-refractivity contribution in [1.82, 2.24) is 29.8 Å². The lowest BCUT2D eigenvalue weighted by Gasteiger charge is -2.06. The monoisotopic (exact) mass is 398 g/mol. The average molecular weight is 399 g/mol. The first-order valence-corrected chi connectivity index (χ1v) is 8.96. The van der Waals surface area contributed by atoms with Crippen molar-refractivity contribution in [3.8, 4) is 22.7 Å². The van der Waals surface area contributed by atoms with Crippen molar-refractivity contribution in [2.75, 3.05) is 0 Å². The van der Waals surface area contributed by atoms with Gasteiger partial charge in [0, 0.05) is 17.3 Å². The fourth-order valence-corrected chi connectivity index (χ4v) is 3.28. The Bertz CT molecular complexity index is 1100. The lowest BCUT2D eigenvalue weighted by Crippen LogP contribution is -2.05. The highest BCUT2D eigenvalue weighted by molar-refractivity contribution is 7.08. The molecule has 134 valence electrons. The fourth-order valence-electron chi connectivity index (χ4n) is 2.47. The van der Waals surface area contributed by atoms with E-state index < -0.39 is 0 Å². The van der Waals surface area contributed by atoms with E-state index in [1.54, 1.807) is 37.5 Å². The fraction of sp³-hybridized carbons (Fsp3) is 0.118. The number of carbonyl (C=O) groups is 1. The van der Waals surface area contributed by atoms with E-state index in [2.05, 4.69) is 29.8 Å². The van der Waals surface area contributed by atoms with E-state index in [0.29, 0.717) is 38.4 Å². The number of rotatable bonds is 5. The topological polar surface area (TPSA) is 108 Å². The zero-order chi connectivity index (χ0) is 18.8. The zero-order valence-electron chi connectivity index (χ0n) is 14.0. The van der Waals surface area contributed by atoms with E-state index in [-0.39, 0.29) is 12.2 Å². The second-order valence-corrected chi connectivity index (χ2v) is 6.78. The van der Waals surface area contributed by atoms with E-state index in [0.717, 1.165) is 17.1 Å². The number of Topliss-reactive ketones (excluding diaryl/α,β-unsaturated/α-hetero) is 1. The van der Waals surface area contributed by atoms with Gasteiger partial charge in [-0.05, 0) is 36.7 Å². The lowest BCUT2D eigenvalue weighted by atomic mass is 10.1. The molecule has 0 aliphatic heterocycles.